The normalized spacial score (nSPS) is 16.4. The molecule has 29 heavy (non-hydrogen) atoms. The van der Waals surface area contributed by atoms with Crippen LogP contribution in [-0.4, -0.2) is 17.6 Å². The van der Waals surface area contributed by atoms with Crippen LogP contribution in [-0.2, 0) is 9.53 Å². The van der Waals surface area contributed by atoms with E-state index in [1.165, 1.54) is 35.1 Å². The van der Waals surface area contributed by atoms with Crippen LogP contribution < -0.4 is 14.9 Å². The number of fused-ring (bicyclic) bond motifs is 1. The van der Waals surface area contributed by atoms with Gasteiger partial charge in [0, 0.05) is 0 Å². The van der Waals surface area contributed by atoms with Gasteiger partial charge in [-0.1, -0.05) is 53.8 Å². The van der Waals surface area contributed by atoms with Crippen molar-refractivity contribution in [3.05, 3.63) is 102 Å². The Labute approximate surface area is 169 Å². The molecule has 0 radical (unpaired) electrons. The Kier molecular flexibility index (Phi) is 4.98. The number of esters is 1. The highest BCUT2D eigenvalue weighted by molar-refractivity contribution is 7.07. The lowest BCUT2D eigenvalue weighted by atomic mass is 9.96. The number of aromatic nitrogens is 1. The van der Waals surface area contributed by atoms with Gasteiger partial charge in [-0.15, -0.1) is 0 Å². The molecule has 0 spiro atoms. The molecular weight excluding hydrogens is 391 g/mol. The first-order valence-electron chi connectivity index (χ1n) is 8.91. The van der Waals surface area contributed by atoms with Crippen LogP contribution in [0.2, 0.25) is 0 Å². The first-order chi connectivity index (χ1) is 14.0. The zero-order valence-electron chi connectivity index (χ0n) is 15.8. The number of halogens is 1. The third-order valence-electron chi connectivity index (χ3n) is 4.71. The molecule has 7 heteroatoms. The van der Waals surface area contributed by atoms with Crippen LogP contribution in [0.3, 0.4) is 0 Å². The summed E-state index contributed by atoms with van der Waals surface area (Å²) >= 11 is 1.23. The minimum Gasteiger partial charge on any atom is -0.466 e. The molecule has 2 aromatic carbocycles. The highest BCUT2D eigenvalue weighted by Gasteiger charge is 2.32. The minimum absolute atomic E-state index is 0.263. The van der Waals surface area contributed by atoms with Crippen LogP contribution in [0, 0.1) is 5.82 Å². The Morgan fingerprint density at radius 1 is 1.17 bits per heavy atom. The summed E-state index contributed by atoms with van der Waals surface area (Å²) in [6.07, 6.45) is 1.70. The van der Waals surface area contributed by atoms with Crippen LogP contribution in [0.25, 0.3) is 6.08 Å². The lowest BCUT2D eigenvalue weighted by molar-refractivity contribution is -0.136. The highest BCUT2D eigenvalue weighted by Crippen LogP contribution is 2.30. The van der Waals surface area contributed by atoms with Crippen molar-refractivity contribution in [3.8, 4) is 0 Å². The average molecular weight is 408 g/mol. The van der Waals surface area contributed by atoms with Gasteiger partial charge in [-0.3, -0.25) is 9.36 Å². The molecule has 2 heterocycles. The maximum absolute atomic E-state index is 13.3. The van der Waals surface area contributed by atoms with E-state index in [1.54, 1.807) is 25.1 Å². The maximum atomic E-state index is 13.3. The van der Waals surface area contributed by atoms with Crippen molar-refractivity contribution in [1.82, 2.24) is 4.57 Å². The topological polar surface area (TPSA) is 60.7 Å². The van der Waals surface area contributed by atoms with E-state index in [-0.39, 0.29) is 11.4 Å². The van der Waals surface area contributed by atoms with Crippen molar-refractivity contribution in [3.63, 3.8) is 0 Å². The number of methoxy groups -OCH3 is 1. The molecule has 4 rings (SSSR count). The summed E-state index contributed by atoms with van der Waals surface area (Å²) in [5.41, 5.74) is 2.08. The van der Waals surface area contributed by atoms with E-state index in [2.05, 4.69) is 4.99 Å². The Balaban J connectivity index is 1.97. The van der Waals surface area contributed by atoms with Gasteiger partial charge in [0.2, 0.25) is 0 Å². The first kappa shape index (κ1) is 19.0. The fourth-order valence-electron chi connectivity index (χ4n) is 3.35. The Bertz CT molecular complexity index is 1290. The molecular formula is C22H17FN2O3S. The molecule has 1 aliphatic heterocycles. The van der Waals surface area contributed by atoms with Gasteiger partial charge >= 0.3 is 5.97 Å². The fraction of sp³-hybridized carbons (Fsp3) is 0.136. The van der Waals surface area contributed by atoms with Crippen LogP contribution in [0.1, 0.15) is 24.1 Å². The van der Waals surface area contributed by atoms with Crippen LogP contribution in [0.15, 0.2) is 75.7 Å². The standard InChI is InChI=1S/C22H17FN2O3S/c1-13-18(21(27)28-2)19(15-6-4-3-5-7-15)25-20(26)17(29-22(25)24-13)12-14-8-10-16(23)11-9-14/h3-12,19H,1-2H3. The number of hydrogen-bond donors (Lipinski definition) is 0. The molecule has 3 aromatic rings. The Morgan fingerprint density at radius 3 is 2.52 bits per heavy atom. The van der Waals surface area contributed by atoms with Gasteiger partial charge in [0.25, 0.3) is 5.56 Å². The summed E-state index contributed by atoms with van der Waals surface area (Å²) in [5, 5.41) is 0. The van der Waals surface area contributed by atoms with Crippen LogP contribution >= 0.6 is 11.3 Å². The smallest absolute Gasteiger partial charge is 0.338 e. The molecule has 5 nitrogen and oxygen atoms in total. The summed E-state index contributed by atoms with van der Waals surface area (Å²) in [6, 6.07) is 14.6. The number of rotatable bonds is 3. The number of hydrogen-bond acceptors (Lipinski definition) is 5. The largest absolute Gasteiger partial charge is 0.466 e. The van der Waals surface area contributed by atoms with Crippen LogP contribution in [0.4, 0.5) is 4.39 Å². The zero-order valence-corrected chi connectivity index (χ0v) is 16.6. The summed E-state index contributed by atoms with van der Waals surface area (Å²) in [5.74, 6) is -0.862. The predicted molar refractivity (Wildman–Crippen MR) is 109 cm³/mol. The third-order valence-corrected chi connectivity index (χ3v) is 5.69. The quantitative estimate of drug-likeness (QED) is 0.626. The zero-order chi connectivity index (χ0) is 20.5. The Morgan fingerprint density at radius 2 is 1.86 bits per heavy atom. The van der Waals surface area contributed by atoms with E-state index >= 15 is 0 Å². The van der Waals surface area contributed by atoms with Crippen molar-refractivity contribution in [2.75, 3.05) is 7.11 Å². The number of allylic oxidation sites excluding steroid dienone is 1. The lowest BCUT2D eigenvalue weighted by Gasteiger charge is -2.24. The molecule has 1 aliphatic rings. The monoisotopic (exact) mass is 408 g/mol. The number of thiazole rings is 1. The van der Waals surface area contributed by atoms with Crippen molar-refractivity contribution >= 4 is 23.4 Å². The molecule has 0 fully saturated rings. The summed E-state index contributed by atoms with van der Waals surface area (Å²) in [7, 11) is 1.31. The van der Waals surface area contributed by atoms with E-state index in [9.17, 15) is 14.0 Å². The molecule has 0 N–H and O–H groups in total. The number of ether oxygens (including phenoxy) is 1. The summed E-state index contributed by atoms with van der Waals surface area (Å²) < 4.78 is 20.1. The van der Waals surface area contributed by atoms with Crippen molar-refractivity contribution in [2.45, 2.75) is 13.0 Å². The van der Waals surface area contributed by atoms with Crippen molar-refractivity contribution in [2.24, 2.45) is 4.99 Å². The second-order valence-corrected chi connectivity index (χ2v) is 7.54. The molecule has 1 atom stereocenters. The van der Waals surface area contributed by atoms with E-state index in [0.29, 0.717) is 26.2 Å². The van der Waals surface area contributed by atoms with Gasteiger partial charge in [-0.2, -0.15) is 0 Å². The van der Waals surface area contributed by atoms with Crippen molar-refractivity contribution in [1.29, 1.82) is 0 Å². The first-order valence-corrected chi connectivity index (χ1v) is 9.72. The third kappa shape index (κ3) is 3.45. The van der Waals surface area contributed by atoms with Crippen molar-refractivity contribution < 1.29 is 13.9 Å². The second-order valence-electron chi connectivity index (χ2n) is 6.54. The molecule has 0 saturated carbocycles. The van der Waals surface area contributed by atoms with E-state index in [1.807, 2.05) is 30.3 Å². The minimum atomic E-state index is -0.629. The summed E-state index contributed by atoms with van der Waals surface area (Å²) in [4.78, 5) is 30.8. The SMILES string of the molecule is COC(=O)C1=C(C)N=c2sc(=Cc3ccc(F)cc3)c(=O)n2C1c1ccccc1. The highest BCUT2D eigenvalue weighted by atomic mass is 32.1. The molecule has 0 bridgehead atoms. The lowest BCUT2D eigenvalue weighted by Crippen LogP contribution is -2.39. The molecule has 146 valence electrons. The van der Waals surface area contributed by atoms with Crippen LogP contribution in [0.5, 0.6) is 0 Å². The van der Waals surface area contributed by atoms with E-state index in [4.69, 9.17) is 4.74 Å². The van der Waals surface area contributed by atoms with Gasteiger partial charge in [0.05, 0.1) is 29.0 Å². The van der Waals surface area contributed by atoms with Gasteiger partial charge in [0.15, 0.2) is 4.80 Å². The molecule has 0 saturated heterocycles. The fourth-order valence-corrected chi connectivity index (χ4v) is 4.40. The number of carbonyl (C=O) groups excluding carboxylic acids is 1. The van der Waals surface area contributed by atoms with Gasteiger partial charge in [-0.25, -0.2) is 14.2 Å². The second kappa shape index (κ2) is 7.60. The van der Waals surface area contributed by atoms with E-state index < -0.39 is 12.0 Å². The average Bonchev–Trinajstić information content (AvgIpc) is 3.03. The molecule has 0 amide bonds. The number of carbonyl (C=O) groups is 1. The van der Waals surface area contributed by atoms with Gasteiger partial charge in [-0.05, 0) is 36.3 Å². The maximum Gasteiger partial charge on any atom is 0.338 e. The summed E-state index contributed by atoms with van der Waals surface area (Å²) in [6.45, 7) is 1.74. The predicted octanol–water partition coefficient (Wildman–Crippen LogP) is 2.55. The number of benzene rings is 2. The molecule has 0 aliphatic carbocycles. The molecule has 1 unspecified atom stereocenters. The van der Waals surface area contributed by atoms with Gasteiger partial charge < -0.3 is 4.74 Å². The number of nitrogens with zero attached hydrogens (tertiary/aromatic N) is 2. The van der Waals surface area contributed by atoms with Gasteiger partial charge in [0.1, 0.15) is 5.82 Å². The van der Waals surface area contributed by atoms with E-state index in [0.717, 1.165) is 5.56 Å². The molecule has 1 aromatic heterocycles. The Hall–Kier alpha value is -3.32.